The van der Waals surface area contributed by atoms with Crippen LogP contribution >= 0.6 is 22.9 Å². The van der Waals surface area contributed by atoms with Crippen LogP contribution in [0.15, 0.2) is 73.1 Å². The first-order chi connectivity index (χ1) is 12.7. The van der Waals surface area contributed by atoms with Crippen molar-refractivity contribution in [3.05, 3.63) is 83.6 Å². The Balaban J connectivity index is 1.59. The lowest BCUT2D eigenvalue weighted by atomic mass is 10.1. The van der Waals surface area contributed by atoms with Gasteiger partial charge in [-0.1, -0.05) is 53.3 Å². The molecule has 1 amide bonds. The van der Waals surface area contributed by atoms with Crippen LogP contribution in [0.5, 0.6) is 0 Å². The summed E-state index contributed by atoms with van der Waals surface area (Å²) in [7, 11) is 0. The van der Waals surface area contributed by atoms with Gasteiger partial charge in [0.05, 0.1) is 10.2 Å². The monoisotopic (exact) mass is 381 g/mol. The average Bonchev–Trinajstić information content (AvgIpc) is 3.29. The van der Waals surface area contributed by atoms with Gasteiger partial charge < -0.3 is 9.88 Å². The van der Waals surface area contributed by atoms with Crippen molar-refractivity contribution in [2.45, 2.75) is 12.5 Å². The van der Waals surface area contributed by atoms with Gasteiger partial charge in [0.2, 0.25) is 5.91 Å². The molecule has 130 valence electrons. The molecule has 0 aliphatic rings. The third-order valence-electron chi connectivity index (χ3n) is 4.14. The molecule has 0 unspecified atom stereocenters. The van der Waals surface area contributed by atoms with E-state index in [-0.39, 0.29) is 11.9 Å². The molecule has 6 heteroatoms. The number of anilines is 1. The maximum atomic E-state index is 13.0. The van der Waals surface area contributed by atoms with Gasteiger partial charge in [-0.05, 0) is 35.9 Å². The Bertz CT molecular complexity index is 1030. The Morgan fingerprint density at radius 2 is 1.88 bits per heavy atom. The summed E-state index contributed by atoms with van der Waals surface area (Å²) in [4.78, 5) is 17.5. The number of aromatic nitrogens is 2. The quantitative estimate of drug-likeness (QED) is 0.518. The van der Waals surface area contributed by atoms with E-state index in [1.54, 1.807) is 6.07 Å². The fourth-order valence-corrected chi connectivity index (χ4v) is 4.01. The van der Waals surface area contributed by atoms with E-state index >= 15 is 0 Å². The van der Waals surface area contributed by atoms with Gasteiger partial charge in [-0.3, -0.25) is 4.79 Å². The van der Waals surface area contributed by atoms with Crippen molar-refractivity contribution in [3.8, 4) is 0 Å². The topological polar surface area (TPSA) is 46.9 Å². The van der Waals surface area contributed by atoms with E-state index in [9.17, 15) is 4.79 Å². The zero-order valence-electron chi connectivity index (χ0n) is 13.8. The van der Waals surface area contributed by atoms with Crippen LogP contribution < -0.4 is 5.32 Å². The summed E-state index contributed by atoms with van der Waals surface area (Å²) < 4.78 is 2.88. The molecule has 2 heterocycles. The molecule has 0 radical (unpaired) electrons. The number of rotatable bonds is 5. The van der Waals surface area contributed by atoms with Crippen molar-refractivity contribution in [1.29, 1.82) is 0 Å². The highest BCUT2D eigenvalue weighted by atomic mass is 35.5. The summed E-state index contributed by atoms with van der Waals surface area (Å²) in [5.41, 5.74) is 1.94. The van der Waals surface area contributed by atoms with Crippen LogP contribution in [0.4, 0.5) is 5.13 Å². The highest BCUT2D eigenvalue weighted by Gasteiger charge is 2.21. The highest BCUT2D eigenvalue weighted by molar-refractivity contribution is 7.22. The number of thiazole rings is 1. The van der Waals surface area contributed by atoms with E-state index in [1.807, 2.05) is 71.6 Å². The summed E-state index contributed by atoms with van der Waals surface area (Å²) in [6.45, 7) is 0. The fourth-order valence-electron chi connectivity index (χ4n) is 2.87. The highest BCUT2D eigenvalue weighted by Crippen LogP contribution is 2.29. The summed E-state index contributed by atoms with van der Waals surface area (Å²) in [5, 5.41) is 4.21. The van der Waals surface area contributed by atoms with E-state index in [0.29, 0.717) is 16.6 Å². The maximum absolute atomic E-state index is 13.0. The Kier molecular flexibility index (Phi) is 4.73. The predicted octanol–water partition coefficient (Wildman–Crippen LogP) is 5.17. The van der Waals surface area contributed by atoms with Gasteiger partial charge in [0.1, 0.15) is 6.04 Å². The van der Waals surface area contributed by atoms with Gasteiger partial charge in [0.25, 0.3) is 0 Å². The number of halogens is 1. The van der Waals surface area contributed by atoms with E-state index in [0.717, 1.165) is 15.8 Å². The summed E-state index contributed by atoms with van der Waals surface area (Å²) in [5.74, 6) is -0.0878. The summed E-state index contributed by atoms with van der Waals surface area (Å²) in [6.07, 6.45) is 4.43. The molecule has 0 saturated heterocycles. The van der Waals surface area contributed by atoms with E-state index in [2.05, 4.69) is 10.3 Å². The van der Waals surface area contributed by atoms with Crippen LogP contribution in [-0.2, 0) is 11.2 Å². The number of nitrogens with zero attached hydrogens (tertiary/aromatic N) is 2. The number of amides is 1. The zero-order chi connectivity index (χ0) is 17.9. The minimum Gasteiger partial charge on any atom is -0.342 e. The average molecular weight is 382 g/mol. The molecule has 4 aromatic rings. The van der Waals surface area contributed by atoms with E-state index < -0.39 is 0 Å². The van der Waals surface area contributed by atoms with Crippen molar-refractivity contribution in [3.63, 3.8) is 0 Å². The molecule has 0 saturated carbocycles. The molecule has 4 nitrogen and oxygen atoms in total. The summed E-state index contributed by atoms with van der Waals surface area (Å²) >= 11 is 7.45. The lowest BCUT2D eigenvalue weighted by Gasteiger charge is -2.18. The molecule has 4 rings (SSSR count). The van der Waals surface area contributed by atoms with Gasteiger partial charge in [-0.25, -0.2) is 4.98 Å². The van der Waals surface area contributed by atoms with Crippen LogP contribution in [0.1, 0.15) is 11.6 Å². The van der Waals surface area contributed by atoms with Crippen molar-refractivity contribution < 1.29 is 4.79 Å². The number of hydrogen-bond donors (Lipinski definition) is 1. The van der Waals surface area contributed by atoms with Crippen LogP contribution in [0.3, 0.4) is 0 Å². The number of fused-ring (bicyclic) bond motifs is 1. The number of carbonyl (C=O) groups excluding carboxylic acids is 1. The second-order valence-electron chi connectivity index (χ2n) is 5.96. The van der Waals surface area contributed by atoms with Crippen LogP contribution in [-0.4, -0.2) is 15.5 Å². The van der Waals surface area contributed by atoms with E-state index in [1.165, 1.54) is 11.3 Å². The molecule has 0 bridgehead atoms. The lowest BCUT2D eigenvalue weighted by molar-refractivity contribution is -0.119. The SMILES string of the molecule is O=C(Nc1nc2ccc(Cl)cc2s1)[C@H](Cc1ccccc1)n1cccc1. The Labute approximate surface area is 160 Å². The van der Waals surface area contributed by atoms with Crippen molar-refractivity contribution >= 4 is 44.2 Å². The molecule has 1 N–H and O–H groups in total. The minimum absolute atomic E-state index is 0.0878. The van der Waals surface area contributed by atoms with Crippen molar-refractivity contribution in [2.24, 2.45) is 0 Å². The van der Waals surface area contributed by atoms with E-state index in [4.69, 9.17) is 11.6 Å². The molecule has 26 heavy (non-hydrogen) atoms. The molecule has 1 atom stereocenters. The molecule has 0 aliphatic carbocycles. The molecular formula is C20H16ClN3OS. The van der Waals surface area contributed by atoms with Gasteiger partial charge in [-0.15, -0.1) is 0 Å². The molecular weight excluding hydrogens is 366 g/mol. The molecule has 0 fully saturated rings. The van der Waals surface area contributed by atoms with Crippen molar-refractivity contribution in [2.75, 3.05) is 5.32 Å². The zero-order valence-corrected chi connectivity index (χ0v) is 15.4. The van der Waals surface area contributed by atoms with Crippen molar-refractivity contribution in [1.82, 2.24) is 9.55 Å². The fraction of sp³-hybridized carbons (Fsp3) is 0.100. The molecule has 2 aromatic heterocycles. The largest absolute Gasteiger partial charge is 0.342 e. The lowest BCUT2D eigenvalue weighted by Crippen LogP contribution is -2.27. The maximum Gasteiger partial charge on any atom is 0.249 e. The molecule has 0 spiro atoms. The number of hydrogen-bond acceptors (Lipinski definition) is 3. The first-order valence-corrected chi connectivity index (χ1v) is 9.42. The second kappa shape index (κ2) is 7.32. The molecule has 2 aromatic carbocycles. The smallest absolute Gasteiger partial charge is 0.249 e. The van der Waals surface area contributed by atoms with Crippen LogP contribution in [0, 0.1) is 0 Å². The normalized spacial score (nSPS) is 12.2. The minimum atomic E-state index is -0.344. The van der Waals surface area contributed by atoms with Gasteiger partial charge >= 0.3 is 0 Å². The number of carbonyl (C=O) groups is 1. The van der Waals surface area contributed by atoms with Crippen LogP contribution in [0.2, 0.25) is 5.02 Å². The predicted molar refractivity (Wildman–Crippen MR) is 107 cm³/mol. The third kappa shape index (κ3) is 3.64. The van der Waals surface area contributed by atoms with Crippen LogP contribution in [0.25, 0.3) is 10.2 Å². The number of benzene rings is 2. The second-order valence-corrected chi connectivity index (χ2v) is 7.42. The third-order valence-corrected chi connectivity index (χ3v) is 5.31. The Morgan fingerprint density at radius 3 is 2.65 bits per heavy atom. The standard InChI is InChI=1S/C20H16ClN3OS/c21-15-8-9-16-18(13-15)26-20(22-16)23-19(25)17(24-10-4-5-11-24)12-14-6-2-1-3-7-14/h1-11,13,17H,12H2,(H,22,23,25)/t17-/m0/s1. The van der Waals surface area contributed by atoms with Gasteiger partial charge in [0.15, 0.2) is 5.13 Å². The number of nitrogens with one attached hydrogen (secondary N) is 1. The first-order valence-electron chi connectivity index (χ1n) is 8.22. The van der Waals surface area contributed by atoms with Gasteiger partial charge in [-0.2, -0.15) is 0 Å². The van der Waals surface area contributed by atoms with Gasteiger partial charge in [0, 0.05) is 23.8 Å². The Morgan fingerprint density at radius 1 is 1.12 bits per heavy atom. The first kappa shape index (κ1) is 16.8. The Hall–Kier alpha value is -2.63. The molecule has 0 aliphatic heterocycles. The summed E-state index contributed by atoms with van der Waals surface area (Å²) in [6, 6.07) is 19.0.